The smallest absolute Gasteiger partial charge is 0.148 e. The van der Waals surface area contributed by atoms with Crippen LogP contribution in [0.5, 0.6) is 5.75 Å². The quantitative estimate of drug-likeness (QED) is 0.293. The van der Waals surface area contributed by atoms with E-state index in [1.165, 1.54) is 5.56 Å². The Balaban J connectivity index is 1.61. The molecule has 0 N–H and O–H groups in total. The normalized spacial score (nSPS) is 11.8. The molecular formula is C29H30N4O. The largest absolute Gasteiger partial charge is 0.487 e. The van der Waals surface area contributed by atoms with Crippen molar-refractivity contribution in [3.8, 4) is 16.9 Å². The first-order chi connectivity index (χ1) is 16.4. The number of rotatable bonds is 6. The van der Waals surface area contributed by atoms with Crippen LogP contribution in [-0.4, -0.2) is 19.3 Å². The van der Waals surface area contributed by atoms with E-state index in [4.69, 9.17) is 9.72 Å². The van der Waals surface area contributed by atoms with E-state index in [0.717, 1.165) is 45.8 Å². The lowest BCUT2D eigenvalue weighted by Gasteiger charge is -2.18. The van der Waals surface area contributed by atoms with Crippen LogP contribution in [0.25, 0.3) is 22.2 Å². The fourth-order valence-electron chi connectivity index (χ4n) is 4.12. The molecule has 5 nitrogen and oxygen atoms in total. The predicted octanol–water partition coefficient (Wildman–Crippen LogP) is 6.59. The van der Waals surface area contributed by atoms with Gasteiger partial charge in [0.1, 0.15) is 23.7 Å². The van der Waals surface area contributed by atoms with Crippen LogP contribution < -0.4 is 4.74 Å². The van der Waals surface area contributed by atoms with Gasteiger partial charge in [-0.25, -0.2) is 4.98 Å². The van der Waals surface area contributed by atoms with Gasteiger partial charge in [0, 0.05) is 18.3 Å². The van der Waals surface area contributed by atoms with Crippen molar-refractivity contribution in [2.24, 2.45) is 0 Å². The fourth-order valence-corrected chi connectivity index (χ4v) is 4.12. The molecule has 0 saturated heterocycles. The Morgan fingerprint density at radius 3 is 2.18 bits per heavy atom. The molecule has 0 bridgehead atoms. The molecule has 5 aromatic rings. The van der Waals surface area contributed by atoms with E-state index in [1.54, 1.807) is 0 Å². The van der Waals surface area contributed by atoms with Gasteiger partial charge in [-0.3, -0.25) is 4.68 Å². The summed E-state index contributed by atoms with van der Waals surface area (Å²) < 4.78 is 10.6. The molecule has 2 aromatic heterocycles. The fraction of sp³-hybridized carbons (Fsp3) is 0.241. The molecule has 0 atom stereocenters. The van der Waals surface area contributed by atoms with Crippen molar-refractivity contribution < 1.29 is 4.74 Å². The number of hydrogen-bond donors (Lipinski definition) is 0. The van der Waals surface area contributed by atoms with Gasteiger partial charge in [-0.15, -0.1) is 0 Å². The number of imidazole rings is 1. The standard InChI is InChI=1S/C29H30N4O/c1-21-31-28-26(32(21)18-22-11-7-5-8-12-22)15-24(25-17-30-33(19-25)29(2,3)4)16-27(28)34-20-23-13-9-6-10-14-23/h5-17,19H,18,20H2,1-4H3. The van der Waals surface area contributed by atoms with Crippen LogP contribution in [-0.2, 0) is 18.7 Å². The Morgan fingerprint density at radius 1 is 0.853 bits per heavy atom. The minimum atomic E-state index is -0.0827. The zero-order valence-electron chi connectivity index (χ0n) is 20.2. The second-order valence-corrected chi connectivity index (χ2v) is 9.69. The highest BCUT2D eigenvalue weighted by molar-refractivity contribution is 5.88. The summed E-state index contributed by atoms with van der Waals surface area (Å²) in [6.07, 6.45) is 4.03. The van der Waals surface area contributed by atoms with Gasteiger partial charge in [0.25, 0.3) is 0 Å². The average molecular weight is 451 g/mol. The van der Waals surface area contributed by atoms with Crippen molar-refractivity contribution in [2.45, 2.75) is 46.4 Å². The number of aryl methyl sites for hydroxylation is 1. The lowest BCUT2D eigenvalue weighted by atomic mass is 10.1. The summed E-state index contributed by atoms with van der Waals surface area (Å²) in [6, 6.07) is 25.0. The van der Waals surface area contributed by atoms with Gasteiger partial charge in [0.15, 0.2) is 0 Å². The van der Waals surface area contributed by atoms with E-state index in [2.05, 4.69) is 92.1 Å². The van der Waals surface area contributed by atoms with E-state index in [0.29, 0.717) is 6.61 Å². The highest BCUT2D eigenvalue weighted by Crippen LogP contribution is 2.34. The third kappa shape index (κ3) is 4.46. The first kappa shape index (κ1) is 22.0. The van der Waals surface area contributed by atoms with Crippen molar-refractivity contribution in [1.29, 1.82) is 0 Å². The molecule has 0 aliphatic heterocycles. The van der Waals surface area contributed by atoms with Gasteiger partial charge in [-0.05, 0) is 56.5 Å². The van der Waals surface area contributed by atoms with Crippen LogP contribution in [0.1, 0.15) is 37.7 Å². The van der Waals surface area contributed by atoms with Gasteiger partial charge in [0.05, 0.1) is 17.3 Å². The second-order valence-electron chi connectivity index (χ2n) is 9.69. The number of fused-ring (bicyclic) bond motifs is 1. The van der Waals surface area contributed by atoms with Gasteiger partial charge < -0.3 is 9.30 Å². The Morgan fingerprint density at radius 2 is 1.53 bits per heavy atom. The van der Waals surface area contributed by atoms with Crippen LogP contribution in [0.15, 0.2) is 85.2 Å². The first-order valence-corrected chi connectivity index (χ1v) is 11.7. The number of ether oxygens (including phenoxy) is 1. The molecule has 172 valence electrons. The zero-order valence-corrected chi connectivity index (χ0v) is 20.2. The number of aromatic nitrogens is 4. The third-order valence-electron chi connectivity index (χ3n) is 6.03. The summed E-state index contributed by atoms with van der Waals surface area (Å²) in [6.45, 7) is 9.76. The van der Waals surface area contributed by atoms with E-state index < -0.39 is 0 Å². The summed E-state index contributed by atoms with van der Waals surface area (Å²) in [7, 11) is 0. The highest BCUT2D eigenvalue weighted by atomic mass is 16.5. The van der Waals surface area contributed by atoms with Crippen LogP contribution in [0, 0.1) is 6.92 Å². The maximum atomic E-state index is 6.36. The van der Waals surface area contributed by atoms with E-state index >= 15 is 0 Å². The summed E-state index contributed by atoms with van der Waals surface area (Å²) in [5.41, 5.74) is 6.36. The molecule has 0 unspecified atom stereocenters. The lowest BCUT2D eigenvalue weighted by molar-refractivity contribution is 0.309. The van der Waals surface area contributed by atoms with Gasteiger partial charge in [-0.2, -0.15) is 5.10 Å². The van der Waals surface area contributed by atoms with Crippen LogP contribution in [0.2, 0.25) is 0 Å². The van der Waals surface area contributed by atoms with Crippen molar-refractivity contribution in [2.75, 3.05) is 0 Å². The summed E-state index contributed by atoms with van der Waals surface area (Å²) in [5.74, 6) is 1.75. The SMILES string of the molecule is Cc1nc2c(OCc3ccccc3)cc(-c3cnn(C(C)(C)C)c3)cc2n1Cc1ccccc1. The molecule has 0 aliphatic rings. The first-order valence-electron chi connectivity index (χ1n) is 11.7. The minimum Gasteiger partial charge on any atom is -0.487 e. The Bertz CT molecular complexity index is 1410. The summed E-state index contributed by atoms with van der Waals surface area (Å²) >= 11 is 0. The molecule has 0 amide bonds. The van der Waals surface area contributed by atoms with Gasteiger partial charge in [0.2, 0.25) is 0 Å². The van der Waals surface area contributed by atoms with Crippen molar-refractivity contribution in [3.05, 3.63) is 102 Å². The highest BCUT2D eigenvalue weighted by Gasteiger charge is 2.18. The third-order valence-corrected chi connectivity index (χ3v) is 6.03. The Labute approximate surface area is 200 Å². The van der Waals surface area contributed by atoms with E-state index in [9.17, 15) is 0 Å². The monoisotopic (exact) mass is 450 g/mol. The van der Waals surface area contributed by atoms with E-state index in [1.807, 2.05) is 35.1 Å². The lowest BCUT2D eigenvalue weighted by Crippen LogP contribution is -2.21. The molecule has 0 aliphatic carbocycles. The maximum Gasteiger partial charge on any atom is 0.148 e. The van der Waals surface area contributed by atoms with Gasteiger partial charge >= 0.3 is 0 Å². The maximum absolute atomic E-state index is 6.36. The summed E-state index contributed by atoms with van der Waals surface area (Å²) in [5, 5.41) is 4.62. The minimum absolute atomic E-state index is 0.0827. The van der Waals surface area contributed by atoms with Crippen LogP contribution in [0.3, 0.4) is 0 Å². The molecule has 0 fully saturated rings. The molecular weight excluding hydrogens is 420 g/mol. The topological polar surface area (TPSA) is 44.9 Å². The molecule has 2 heterocycles. The number of benzene rings is 3. The second kappa shape index (κ2) is 8.82. The van der Waals surface area contributed by atoms with Gasteiger partial charge in [-0.1, -0.05) is 60.7 Å². The summed E-state index contributed by atoms with van der Waals surface area (Å²) in [4.78, 5) is 4.92. The van der Waals surface area contributed by atoms with Crippen LogP contribution >= 0.6 is 0 Å². The van der Waals surface area contributed by atoms with E-state index in [-0.39, 0.29) is 5.54 Å². The van der Waals surface area contributed by atoms with Crippen LogP contribution in [0.4, 0.5) is 0 Å². The average Bonchev–Trinajstić information content (AvgIpc) is 3.45. The zero-order chi connectivity index (χ0) is 23.7. The molecule has 34 heavy (non-hydrogen) atoms. The Kier molecular flexibility index (Phi) is 5.70. The Hall–Kier alpha value is -3.86. The molecule has 3 aromatic carbocycles. The molecule has 5 heteroatoms. The molecule has 5 rings (SSSR count). The number of nitrogens with zero attached hydrogens (tertiary/aromatic N) is 4. The van der Waals surface area contributed by atoms with Crippen molar-refractivity contribution in [3.63, 3.8) is 0 Å². The predicted molar refractivity (Wildman–Crippen MR) is 137 cm³/mol. The molecule has 0 spiro atoms. The van der Waals surface area contributed by atoms with Crippen molar-refractivity contribution in [1.82, 2.24) is 19.3 Å². The number of hydrogen-bond acceptors (Lipinski definition) is 3. The molecule has 0 radical (unpaired) electrons. The molecule has 0 saturated carbocycles. The van der Waals surface area contributed by atoms with Crippen molar-refractivity contribution >= 4 is 11.0 Å².